The van der Waals surface area contributed by atoms with Crippen molar-refractivity contribution < 1.29 is 17.9 Å². The third-order valence-corrected chi connectivity index (χ3v) is 3.48. The molecule has 96 valence electrons. The summed E-state index contributed by atoms with van der Waals surface area (Å²) in [7, 11) is -0.643. The van der Waals surface area contributed by atoms with Gasteiger partial charge in [0.25, 0.3) is 0 Å². The van der Waals surface area contributed by atoms with Crippen molar-refractivity contribution in [1.82, 2.24) is 4.57 Å². The maximum absolute atomic E-state index is 11.4. The molecule has 7 heteroatoms. The Kier molecular flexibility index (Phi) is 3.93. The molecule has 1 aromatic heterocycles. The zero-order valence-corrected chi connectivity index (χ0v) is 11.0. The van der Waals surface area contributed by atoms with Crippen LogP contribution in [-0.4, -0.2) is 32.3 Å². The van der Waals surface area contributed by atoms with E-state index in [0.29, 0.717) is 5.69 Å². The molecule has 1 heterocycles. The van der Waals surface area contributed by atoms with Gasteiger partial charge in [0.2, 0.25) is 0 Å². The predicted octanol–water partition coefficient (Wildman–Crippen LogP) is 0.509. The Labute approximate surface area is 105 Å². The first-order chi connectivity index (χ1) is 8.31. The first-order valence-corrected chi connectivity index (χ1v) is 6.76. The number of carbonyl (C=O) groups excluding carboxylic acids is 1. The largest absolute Gasteiger partial charge is 0.465 e. The average molecular weight is 268 g/mol. The number of nitrogens with zero attached hydrogens (tertiary/aromatic N) is 2. The first kappa shape index (κ1) is 14.0. The molecule has 0 aliphatic rings. The fourth-order valence-electron chi connectivity index (χ4n) is 1.42. The fraction of sp³-hybridized carbons (Fsp3) is 0.273. The standard InChI is InChI=1S/C11H12N2O4S/c1-13-9(4-5-10(13)18(3,15)16)6-8(7-12)11(14)17-2/h4-6H,1-3H3/b8-6-. The second-order valence-corrected chi connectivity index (χ2v) is 5.55. The molecular formula is C11H12N2O4S. The van der Waals surface area contributed by atoms with E-state index in [1.807, 2.05) is 0 Å². The van der Waals surface area contributed by atoms with Crippen molar-refractivity contribution in [3.05, 3.63) is 23.4 Å². The van der Waals surface area contributed by atoms with Crippen LogP contribution in [0.25, 0.3) is 6.08 Å². The Morgan fingerprint density at radius 1 is 1.50 bits per heavy atom. The topological polar surface area (TPSA) is 89.2 Å². The Bertz CT molecular complexity index is 647. The molecule has 0 unspecified atom stereocenters. The second-order valence-electron chi connectivity index (χ2n) is 3.59. The molecule has 18 heavy (non-hydrogen) atoms. The Morgan fingerprint density at radius 2 is 2.11 bits per heavy atom. The van der Waals surface area contributed by atoms with Crippen molar-refractivity contribution >= 4 is 21.9 Å². The van der Waals surface area contributed by atoms with E-state index in [1.165, 1.54) is 36.9 Å². The zero-order valence-electron chi connectivity index (χ0n) is 10.2. The highest BCUT2D eigenvalue weighted by atomic mass is 32.2. The molecule has 1 rings (SSSR count). The maximum Gasteiger partial charge on any atom is 0.348 e. The number of carbonyl (C=O) groups is 1. The Balaban J connectivity index is 3.30. The van der Waals surface area contributed by atoms with Gasteiger partial charge in [0, 0.05) is 19.0 Å². The highest BCUT2D eigenvalue weighted by Gasteiger charge is 2.15. The Hall–Kier alpha value is -2.07. The minimum Gasteiger partial charge on any atom is -0.465 e. The van der Waals surface area contributed by atoms with Gasteiger partial charge in [-0.2, -0.15) is 5.26 Å². The van der Waals surface area contributed by atoms with Gasteiger partial charge in [-0.05, 0) is 18.2 Å². The molecule has 0 atom stereocenters. The van der Waals surface area contributed by atoms with Gasteiger partial charge in [-0.15, -0.1) is 0 Å². The van der Waals surface area contributed by atoms with E-state index in [9.17, 15) is 13.2 Å². The van der Waals surface area contributed by atoms with E-state index in [1.54, 1.807) is 6.07 Å². The van der Waals surface area contributed by atoms with Crippen molar-refractivity contribution in [1.29, 1.82) is 5.26 Å². The van der Waals surface area contributed by atoms with Crippen LogP contribution in [0, 0.1) is 11.3 Å². The molecule has 0 amide bonds. The number of aromatic nitrogens is 1. The molecule has 0 N–H and O–H groups in total. The second kappa shape index (κ2) is 5.06. The average Bonchev–Trinajstić information content (AvgIpc) is 2.66. The molecule has 0 aromatic carbocycles. The molecule has 6 nitrogen and oxygen atoms in total. The highest BCUT2D eigenvalue weighted by molar-refractivity contribution is 7.90. The van der Waals surface area contributed by atoms with Crippen LogP contribution in [0.5, 0.6) is 0 Å². The van der Waals surface area contributed by atoms with Crippen molar-refractivity contribution in [3.8, 4) is 6.07 Å². The van der Waals surface area contributed by atoms with Crippen LogP contribution in [0.2, 0.25) is 0 Å². The van der Waals surface area contributed by atoms with Crippen molar-refractivity contribution in [3.63, 3.8) is 0 Å². The van der Waals surface area contributed by atoms with Crippen molar-refractivity contribution in [2.24, 2.45) is 7.05 Å². The summed E-state index contributed by atoms with van der Waals surface area (Å²) < 4.78 is 28.6. The van der Waals surface area contributed by atoms with Crippen LogP contribution >= 0.6 is 0 Å². The summed E-state index contributed by atoms with van der Waals surface area (Å²) >= 11 is 0. The van der Waals surface area contributed by atoms with E-state index in [4.69, 9.17) is 5.26 Å². The molecule has 0 radical (unpaired) electrons. The number of hydrogen-bond donors (Lipinski definition) is 0. The third-order valence-electron chi connectivity index (χ3n) is 2.31. The number of rotatable bonds is 3. The number of ether oxygens (including phenoxy) is 1. The fourth-order valence-corrected chi connectivity index (χ4v) is 2.34. The van der Waals surface area contributed by atoms with Gasteiger partial charge < -0.3 is 9.30 Å². The molecule has 0 spiro atoms. The molecule has 0 fully saturated rings. The first-order valence-electron chi connectivity index (χ1n) is 4.87. The molecular weight excluding hydrogens is 256 g/mol. The number of hydrogen-bond acceptors (Lipinski definition) is 5. The van der Waals surface area contributed by atoms with Crippen LogP contribution < -0.4 is 0 Å². The molecule has 0 saturated heterocycles. The monoisotopic (exact) mass is 268 g/mol. The highest BCUT2D eigenvalue weighted by Crippen LogP contribution is 2.16. The van der Waals surface area contributed by atoms with Crippen LogP contribution in [-0.2, 0) is 26.4 Å². The predicted molar refractivity (Wildman–Crippen MR) is 64.1 cm³/mol. The smallest absolute Gasteiger partial charge is 0.348 e. The van der Waals surface area contributed by atoms with Gasteiger partial charge in [0.1, 0.15) is 16.7 Å². The minimum atomic E-state index is -3.35. The third kappa shape index (κ3) is 2.78. The maximum atomic E-state index is 11.4. The van der Waals surface area contributed by atoms with Crippen molar-refractivity contribution in [2.45, 2.75) is 5.03 Å². The van der Waals surface area contributed by atoms with Crippen LogP contribution in [0.1, 0.15) is 5.69 Å². The van der Waals surface area contributed by atoms with E-state index >= 15 is 0 Å². The summed E-state index contributed by atoms with van der Waals surface area (Å²) in [5.74, 6) is -0.764. The lowest BCUT2D eigenvalue weighted by molar-refractivity contribution is -0.135. The number of methoxy groups -OCH3 is 1. The van der Waals surface area contributed by atoms with Gasteiger partial charge in [0.05, 0.1) is 7.11 Å². The lowest BCUT2D eigenvalue weighted by atomic mass is 10.2. The molecule has 0 aliphatic carbocycles. The van der Waals surface area contributed by atoms with Crippen LogP contribution in [0.3, 0.4) is 0 Å². The van der Waals surface area contributed by atoms with Crippen LogP contribution in [0.4, 0.5) is 0 Å². The van der Waals surface area contributed by atoms with Gasteiger partial charge in [-0.3, -0.25) is 0 Å². The van der Waals surface area contributed by atoms with E-state index in [0.717, 1.165) is 6.26 Å². The number of sulfone groups is 1. The van der Waals surface area contributed by atoms with Crippen LogP contribution in [0.15, 0.2) is 22.7 Å². The quantitative estimate of drug-likeness (QED) is 0.452. The van der Waals surface area contributed by atoms with E-state index in [2.05, 4.69) is 4.74 Å². The van der Waals surface area contributed by atoms with Gasteiger partial charge >= 0.3 is 5.97 Å². The van der Waals surface area contributed by atoms with Gasteiger partial charge in [-0.25, -0.2) is 13.2 Å². The van der Waals surface area contributed by atoms with E-state index < -0.39 is 15.8 Å². The number of esters is 1. The Morgan fingerprint density at radius 3 is 2.50 bits per heavy atom. The summed E-state index contributed by atoms with van der Waals surface area (Å²) in [4.78, 5) is 11.2. The summed E-state index contributed by atoms with van der Waals surface area (Å²) in [6, 6.07) is 4.62. The molecule has 0 saturated carbocycles. The molecule has 0 bridgehead atoms. The summed E-state index contributed by atoms with van der Waals surface area (Å²) in [5, 5.41) is 8.91. The summed E-state index contributed by atoms with van der Waals surface area (Å²) in [5.41, 5.74) is 0.233. The zero-order chi connectivity index (χ0) is 13.9. The van der Waals surface area contributed by atoms with Crippen molar-refractivity contribution in [2.75, 3.05) is 13.4 Å². The SMILES string of the molecule is COC(=O)/C(C#N)=C\c1ccc(S(C)(=O)=O)n1C. The van der Waals surface area contributed by atoms with Gasteiger partial charge in [-0.1, -0.05) is 0 Å². The molecule has 1 aromatic rings. The summed E-state index contributed by atoms with van der Waals surface area (Å²) in [6.07, 6.45) is 2.36. The lowest BCUT2D eigenvalue weighted by Gasteiger charge is -2.03. The normalized spacial score (nSPS) is 12.0. The minimum absolute atomic E-state index is 0.107. The lowest BCUT2D eigenvalue weighted by Crippen LogP contribution is -2.06. The summed E-state index contributed by atoms with van der Waals surface area (Å²) in [6.45, 7) is 0. The number of nitriles is 1. The molecule has 0 aliphatic heterocycles. The van der Waals surface area contributed by atoms with E-state index in [-0.39, 0.29) is 10.6 Å². The van der Waals surface area contributed by atoms with Gasteiger partial charge in [0.15, 0.2) is 9.84 Å².